The SMILES string of the molecule is CCOc1cc(CNc2ccc(C(=O)O)cc2)c(Cl)cc1OCc1cccc(C)c1. The molecule has 0 saturated carbocycles. The zero-order valence-corrected chi connectivity index (χ0v) is 17.7. The predicted octanol–water partition coefficient (Wildman–Crippen LogP) is 5.94. The van der Waals surface area contributed by atoms with E-state index in [1.54, 1.807) is 30.3 Å². The summed E-state index contributed by atoms with van der Waals surface area (Å²) in [5, 5.41) is 12.8. The molecule has 0 amide bonds. The Bertz CT molecular complexity index is 1020. The fourth-order valence-electron chi connectivity index (χ4n) is 2.98. The van der Waals surface area contributed by atoms with E-state index < -0.39 is 5.97 Å². The zero-order valence-electron chi connectivity index (χ0n) is 16.9. The van der Waals surface area contributed by atoms with Crippen LogP contribution in [0.5, 0.6) is 11.5 Å². The molecule has 6 heteroatoms. The molecule has 30 heavy (non-hydrogen) atoms. The largest absolute Gasteiger partial charge is 0.490 e. The minimum absolute atomic E-state index is 0.243. The Hall–Kier alpha value is -3.18. The number of carboxylic acid groups (broad SMARTS) is 1. The summed E-state index contributed by atoms with van der Waals surface area (Å²) in [6, 6.07) is 18.3. The van der Waals surface area contributed by atoms with Crippen molar-refractivity contribution < 1.29 is 19.4 Å². The predicted molar refractivity (Wildman–Crippen MR) is 119 cm³/mol. The van der Waals surface area contributed by atoms with Gasteiger partial charge in [0.25, 0.3) is 0 Å². The van der Waals surface area contributed by atoms with Crippen LogP contribution < -0.4 is 14.8 Å². The van der Waals surface area contributed by atoms with Crippen molar-refractivity contribution in [2.45, 2.75) is 27.0 Å². The number of rotatable bonds is 9. The van der Waals surface area contributed by atoms with Gasteiger partial charge in [-0.1, -0.05) is 41.4 Å². The van der Waals surface area contributed by atoms with Crippen molar-refractivity contribution in [2.75, 3.05) is 11.9 Å². The number of benzene rings is 3. The summed E-state index contributed by atoms with van der Waals surface area (Å²) in [4.78, 5) is 11.0. The van der Waals surface area contributed by atoms with Gasteiger partial charge in [-0.25, -0.2) is 4.79 Å². The smallest absolute Gasteiger partial charge is 0.335 e. The second-order valence-corrected chi connectivity index (χ2v) is 7.24. The quantitative estimate of drug-likeness (QED) is 0.444. The molecule has 0 aliphatic carbocycles. The molecule has 0 aliphatic heterocycles. The first-order chi connectivity index (χ1) is 14.5. The molecular formula is C24H24ClNO4. The van der Waals surface area contributed by atoms with Crippen LogP contribution in [0.3, 0.4) is 0 Å². The van der Waals surface area contributed by atoms with E-state index in [-0.39, 0.29) is 5.56 Å². The lowest BCUT2D eigenvalue weighted by Crippen LogP contribution is -2.04. The van der Waals surface area contributed by atoms with Crippen molar-refractivity contribution in [3.63, 3.8) is 0 Å². The Balaban J connectivity index is 1.72. The van der Waals surface area contributed by atoms with Gasteiger partial charge in [-0.15, -0.1) is 0 Å². The fourth-order valence-corrected chi connectivity index (χ4v) is 3.21. The van der Waals surface area contributed by atoms with Gasteiger partial charge in [0.05, 0.1) is 12.2 Å². The first kappa shape index (κ1) is 21.5. The topological polar surface area (TPSA) is 67.8 Å². The standard InChI is InChI=1S/C24H24ClNO4/c1-3-29-22-12-19(14-26-20-9-7-18(8-10-20)24(27)28)21(25)13-23(22)30-15-17-6-4-5-16(2)11-17/h4-13,26H,3,14-15H2,1-2H3,(H,27,28). The third kappa shape index (κ3) is 5.67. The Morgan fingerprint density at radius 1 is 1.03 bits per heavy atom. The second kappa shape index (κ2) is 10.0. The summed E-state index contributed by atoms with van der Waals surface area (Å²) in [5.41, 5.74) is 4.15. The van der Waals surface area contributed by atoms with Crippen molar-refractivity contribution in [3.05, 3.63) is 87.9 Å². The van der Waals surface area contributed by atoms with Crippen LogP contribution in [-0.4, -0.2) is 17.7 Å². The molecule has 0 spiro atoms. The van der Waals surface area contributed by atoms with Gasteiger partial charge >= 0.3 is 5.97 Å². The third-order valence-electron chi connectivity index (χ3n) is 4.50. The number of halogens is 1. The molecule has 0 saturated heterocycles. The normalized spacial score (nSPS) is 10.5. The molecule has 3 aromatic rings. The van der Waals surface area contributed by atoms with Crippen molar-refractivity contribution in [3.8, 4) is 11.5 Å². The number of ether oxygens (including phenoxy) is 2. The maximum atomic E-state index is 11.0. The molecule has 0 aliphatic rings. The highest BCUT2D eigenvalue weighted by Crippen LogP contribution is 2.34. The highest BCUT2D eigenvalue weighted by Gasteiger charge is 2.12. The van der Waals surface area contributed by atoms with Crippen molar-refractivity contribution in [2.24, 2.45) is 0 Å². The van der Waals surface area contributed by atoms with Gasteiger partial charge in [0.2, 0.25) is 0 Å². The average molecular weight is 426 g/mol. The third-order valence-corrected chi connectivity index (χ3v) is 4.86. The van der Waals surface area contributed by atoms with Gasteiger partial charge < -0.3 is 19.9 Å². The van der Waals surface area contributed by atoms with Gasteiger partial charge in [-0.05, 0) is 55.3 Å². The summed E-state index contributed by atoms with van der Waals surface area (Å²) < 4.78 is 11.7. The highest BCUT2D eigenvalue weighted by atomic mass is 35.5. The zero-order chi connectivity index (χ0) is 21.5. The summed E-state index contributed by atoms with van der Waals surface area (Å²) in [6.07, 6.45) is 0. The number of nitrogens with one attached hydrogen (secondary N) is 1. The van der Waals surface area contributed by atoms with E-state index in [0.717, 1.165) is 16.8 Å². The van der Waals surface area contributed by atoms with E-state index in [1.165, 1.54) is 5.56 Å². The first-order valence-corrected chi connectivity index (χ1v) is 10.0. The van der Waals surface area contributed by atoms with Gasteiger partial charge in [-0.3, -0.25) is 0 Å². The van der Waals surface area contributed by atoms with Crippen LogP contribution in [-0.2, 0) is 13.2 Å². The lowest BCUT2D eigenvalue weighted by molar-refractivity contribution is 0.0697. The molecule has 0 aromatic heterocycles. The van der Waals surface area contributed by atoms with Crippen molar-refractivity contribution in [1.82, 2.24) is 0 Å². The van der Waals surface area contributed by atoms with Gasteiger partial charge in [0.1, 0.15) is 6.61 Å². The number of aryl methyl sites for hydroxylation is 1. The van der Waals surface area contributed by atoms with Crippen LogP contribution in [0.1, 0.15) is 34.0 Å². The Labute approximate surface area is 181 Å². The Morgan fingerprint density at radius 2 is 1.77 bits per heavy atom. The maximum absolute atomic E-state index is 11.0. The van der Waals surface area contributed by atoms with Crippen LogP contribution in [0.25, 0.3) is 0 Å². The fraction of sp³-hybridized carbons (Fsp3) is 0.208. The molecule has 0 radical (unpaired) electrons. The highest BCUT2D eigenvalue weighted by molar-refractivity contribution is 6.31. The summed E-state index contributed by atoms with van der Waals surface area (Å²) in [6.45, 7) is 5.35. The van der Waals surface area contributed by atoms with E-state index in [2.05, 4.69) is 11.4 Å². The minimum Gasteiger partial charge on any atom is -0.490 e. The number of carboxylic acids is 1. The van der Waals surface area contributed by atoms with Crippen LogP contribution in [0.2, 0.25) is 5.02 Å². The van der Waals surface area contributed by atoms with Gasteiger partial charge in [0.15, 0.2) is 11.5 Å². The Kier molecular flexibility index (Phi) is 7.20. The number of hydrogen-bond acceptors (Lipinski definition) is 4. The van der Waals surface area contributed by atoms with Crippen LogP contribution in [0, 0.1) is 6.92 Å². The molecule has 0 unspecified atom stereocenters. The van der Waals surface area contributed by atoms with Crippen molar-refractivity contribution in [1.29, 1.82) is 0 Å². The lowest BCUT2D eigenvalue weighted by Gasteiger charge is -2.16. The number of aromatic carboxylic acids is 1. The first-order valence-electron chi connectivity index (χ1n) is 9.67. The van der Waals surface area contributed by atoms with Gasteiger partial charge in [-0.2, -0.15) is 0 Å². The van der Waals surface area contributed by atoms with E-state index in [9.17, 15) is 4.79 Å². The molecule has 3 aromatic carbocycles. The molecule has 0 bridgehead atoms. The molecule has 5 nitrogen and oxygen atoms in total. The van der Waals surface area contributed by atoms with E-state index in [1.807, 2.05) is 38.1 Å². The molecule has 0 fully saturated rings. The summed E-state index contributed by atoms with van der Waals surface area (Å²) in [5.74, 6) is 0.276. The second-order valence-electron chi connectivity index (χ2n) is 6.84. The van der Waals surface area contributed by atoms with Crippen LogP contribution >= 0.6 is 11.6 Å². The molecule has 156 valence electrons. The lowest BCUT2D eigenvalue weighted by atomic mass is 10.1. The minimum atomic E-state index is -0.952. The van der Waals surface area contributed by atoms with Crippen LogP contribution in [0.15, 0.2) is 60.7 Å². The molecule has 0 heterocycles. The van der Waals surface area contributed by atoms with E-state index in [0.29, 0.717) is 36.3 Å². The molecule has 2 N–H and O–H groups in total. The molecule has 0 atom stereocenters. The van der Waals surface area contributed by atoms with E-state index >= 15 is 0 Å². The number of anilines is 1. The average Bonchev–Trinajstić information content (AvgIpc) is 2.73. The monoisotopic (exact) mass is 425 g/mol. The summed E-state index contributed by atoms with van der Waals surface area (Å²) in [7, 11) is 0. The number of carbonyl (C=O) groups is 1. The van der Waals surface area contributed by atoms with Crippen LogP contribution in [0.4, 0.5) is 5.69 Å². The van der Waals surface area contributed by atoms with Gasteiger partial charge in [0, 0.05) is 23.3 Å². The van der Waals surface area contributed by atoms with E-state index in [4.69, 9.17) is 26.2 Å². The number of hydrogen-bond donors (Lipinski definition) is 2. The molecular weight excluding hydrogens is 402 g/mol. The maximum Gasteiger partial charge on any atom is 0.335 e. The molecule has 3 rings (SSSR count). The summed E-state index contributed by atoms with van der Waals surface area (Å²) >= 11 is 6.49. The van der Waals surface area contributed by atoms with Crippen molar-refractivity contribution >= 4 is 23.3 Å². The Morgan fingerprint density at radius 3 is 2.43 bits per heavy atom.